The maximum atomic E-state index is 11.9. The van der Waals surface area contributed by atoms with Crippen molar-refractivity contribution in [2.24, 2.45) is 0 Å². The summed E-state index contributed by atoms with van der Waals surface area (Å²) in [5, 5.41) is 1.94. The van der Waals surface area contributed by atoms with E-state index in [4.69, 9.17) is 4.74 Å². The minimum atomic E-state index is 0.219. The molecule has 2 heterocycles. The molecule has 88 valence electrons. The molecule has 0 N–H and O–H groups in total. The third-order valence-electron chi connectivity index (χ3n) is 2.66. The Bertz CT molecular complexity index is 340. The van der Waals surface area contributed by atoms with Gasteiger partial charge in [-0.05, 0) is 25.3 Å². The number of morpholine rings is 1. The fraction of sp³-hybridized carbons (Fsp3) is 0.583. The Morgan fingerprint density at radius 1 is 1.50 bits per heavy atom. The van der Waals surface area contributed by atoms with Crippen molar-refractivity contribution in [3.63, 3.8) is 0 Å². The number of hydrogen-bond donors (Lipinski definition) is 0. The third kappa shape index (κ3) is 2.90. The first-order chi connectivity index (χ1) is 7.65. The van der Waals surface area contributed by atoms with E-state index in [9.17, 15) is 4.79 Å². The zero-order valence-corrected chi connectivity index (χ0v) is 10.5. The number of ketones is 1. The number of hydrogen-bond acceptors (Lipinski definition) is 4. The predicted octanol–water partition coefficient (Wildman–Crippen LogP) is 2.04. The van der Waals surface area contributed by atoms with Gasteiger partial charge in [-0.1, -0.05) is 6.07 Å². The monoisotopic (exact) mass is 239 g/mol. The molecule has 2 atom stereocenters. The largest absolute Gasteiger partial charge is 0.373 e. The van der Waals surface area contributed by atoms with Crippen LogP contribution < -0.4 is 0 Å². The standard InChI is InChI=1S/C12H17NO2S/c1-9-6-13(7-10(2)15-9)8-11(14)12-4-3-5-16-12/h3-5,9-10H,6-8H2,1-2H3/t9-,10-/m1/s1. The van der Waals surface area contributed by atoms with Gasteiger partial charge in [0.15, 0.2) is 5.78 Å². The van der Waals surface area contributed by atoms with Crippen molar-refractivity contribution in [2.45, 2.75) is 26.1 Å². The van der Waals surface area contributed by atoms with Crippen molar-refractivity contribution >= 4 is 17.1 Å². The molecule has 1 aliphatic heterocycles. The molecule has 0 aliphatic carbocycles. The molecule has 0 aromatic carbocycles. The van der Waals surface area contributed by atoms with Gasteiger partial charge in [-0.25, -0.2) is 0 Å². The van der Waals surface area contributed by atoms with Gasteiger partial charge in [-0.2, -0.15) is 0 Å². The van der Waals surface area contributed by atoms with Gasteiger partial charge in [0.05, 0.1) is 23.6 Å². The number of carbonyl (C=O) groups excluding carboxylic acids is 1. The van der Waals surface area contributed by atoms with Crippen LogP contribution in [0.1, 0.15) is 23.5 Å². The fourth-order valence-corrected chi connectivity index (χ4v) is 2.79. The van der Waals surface area contributed by atoms with Crippen LogP contribution in [-0.2, 0) is 4.74 Å². The summed E-state index contributed by atoms with van der Waals surface area (Å²) in [5.74, 6) is 0.219. The van der Waals surface area contributed by atoms with Gasteiger partial charge >= 0.3 is 0 Å². The van der Waals surface area contributed by atoms with E-state index in [1.807, 2.05) is 17.5 Å². The van der Waals surface area contributed by atoms with Gasteiger partial charge in [0.2, 0.25) is 0 Å². The normalized spacial score (nSPS) is 26.9. The second kappa shape index (κ2) is 5.08. The molecule has 0 amide bonds. The smallest absolute Gasteiger partial charge is 0.186 e. The van der Waals surface area contributed by atoms with Gasteiger partial charge in [-0.3, -0.25) is 9.69 Å². The van der Waals surface area contributed by atoms with E-state index >= 15 is 0 Å². The summed E-state index contributed by atoms with van der Waals surface area (Å²) in [6, 6.07) is 3.81. The molecule has 2 rings (SSSR count). The van der Waals surface area contributed by atoms with Gasteiger partial charge in [0, 0.05) is 13.1 Å². The fourth-order valence-electron chi connectivity index (χ4n) is 2.13. The van der Waals surface area contributed by atoms with Crippen LogP contribution in [0, 0.1) is 0 Å². The lowest BCUT2D eigenvalue weighted by Gasteiger charge is -2.34. The number of Topliss-reactive ketones (excluding diaryl/α,β-unsaturated/α-hetero) is 1. The Kier molecular flexibility index (Phi) is 3.74. The Balaban J connectivity index is 1.92. The number of carbonyl (C=O) groups is 1. The number of rotatable bonds is 3. The highest BCUT2D eigenvalue weighted by Gasteiger charge is 2.24. The number of nitrogens with zero attached hydrogens (tertiary/aromatic N) is 1. The van der Waals surface area contributed by atoms with E-state index < -0.39 is 0 Å². The molecule has 0 spiro atoms. The number of ether oxygens (including phenoxy) is 1. The Labute approximate surface area is 100 Å². The van der Waals surface area contributed by atoms with Crippen LogP contribution in [0.3, 0.4) is 0 Å². The average Bonchev–Trinajstić information content (AvgIpc) is 2.68. The lowest BCUT2D eigenvalue weighted by atomic mass is 10.2. The predicted molar refractivity (Wildman–Crippen MR) is 65.1 cm³/mol. The lowest BCUT2D eigenvalue weighted by Crippen LogP contribution is -2.47. The van der Waals surface area contributed by atoms with Gasteiger partial charge < -0.3 is 4.74 Å². The molecule has 0 unspecified atom stereocenters. The Hall–Kier alpha value is -0.710. The minimum absolute atomic E-state index is 0.219. The van der Waals surface area contributed by atoms with E-state index in [0.717, 1.165) is 18.0 Å². The zero-order valence-electron chi connectivity index (χ0n) is 9.68. The molecule has 0 radical (unpaired) electrons. The first-order valence-corrected chi connectivity index (χ1v) is 6.47. The molecule has 1 saturated heterocycles. The van der Waals surface area contributed by atoms with Crippen LogP contribution in [0.2, 0.25) is 0 Å². The maximum Gasteiger partial charge on any atom is 0.186 e. The van der Waals surface area contributed by atoms with Crippen LogP contribution in [0.15, 0.2) is 17.5 Å². The molecule has 1 aromatic heterocycles. The zero-order chi connectivity index (χ0) is 11.5. The molecule has 0 bridgehead atoms. The summed E-state index contributed by atoms with van der Waals surface area (Å²) in [7, 11) is 0. The van der Waals surface area contributed by atoms with E-state index in [2.05, 4.69) is 18.7 Å². The highest BCUT2D eigenvalue weighted by molar-refractivity contribution is 7.12. The Morgan fingerprint density at radius 3 is 2.75 bits per heavy atom. The van der Waals surface area contributed by atoms with Crippen LogP contribution in [-0.4, -0.2) is 42.5 Å². The highest BCUT2D eigenvalue weighted by Crippen LogP contribution is 2.14. The lowest BCUT2D eigenvalue weighted by molar-refractivity contribution is -0.0652. The van der Waals surface area contributed by atoms with Gasteiger partial charge in [0.25, 0.3) is 0 Å². The van der Waals surface area contributed by atoms with Crippen molar-refractivity contribution in [3.05, 3.63) is 22.4 Å². The first-order valence-electron chi connectivity index (χ1n) is 5.59. The molecule has 1 fully saturated rings. The number of thiophene rings is 1. The summed E-state index contributed by atoms with van der Waals surface area (Å²) >= 11 is 1.51. The molecule has 1 aliphatic rings. The van der Waals surface area contributed by atoms with E-state index in [1.54, 1.807) is 0 Å². The second-order valence-corrected chi connectivity index (χ2v) is 5.30. The highest BCUT2D eigenvalue weighted by atomic mass is 32.1. The van der Waals surface area contributed by atoms with Crippen molar-refractivity contribution in [2.75, 3.05) is 19.6 Å². The van der Waals surface area contributed by atoms with E-state index in [-0.39, 0.29) is 18.0 Å². The Morgan fingerprint density at radius 2 is 2.19 bits per heavy atom. The molecular weight excluding hydrogens is 222 g/mol. The first kappa shape index (κ1) is 11.8. The van der Waals surface area contributed by atoms with Crippen LogP contribution in [0.5, 0.6) is 0 Å². The van der Waals surface area contributed by atoms with Crippen molar-refractivity contribution in [1.82, 2.24) is 4.90 Å². The summed E-state index contributed by atoms with van der Waals surface area (Å²) < 4.78 is 5.64. The van der Waals surface area contributed by atoms with Gasteiger partial charge in [0.1, 0.15) is 0 Å². The molecule has 3 nitrogen and oxygen atoms in total. The minimum Gasteiger partial charge on any atom is -0.373 e. The van der Waals surface area contributed by atoms with E-state index in [1.165, 1.54) is 11.3 Å². The third-order valence-corrected chi connectivity index (χ3v) is 3.57. The van der Waals surface area contributed by atoms with Crippen LogP contribution >= 0.6 is 11.3 Å². The summed E-state index contributed by atoms with van der Waals surface area (Å²) in [5.41, 5.74) is 0. The van der Waals surface area contributed by atoms with Crippen molar-refractivity contribution < 1.29 is 9.53 Å². The van der Waals surface area contributed by atoms with Crippen molar-refractivity contribution in [1.29, 1.82) is 0 Å². The topological polar surface area (TPSA) is 29.5 Å². The summed E-state index contributed by atoms with van der Waals surface area (Å²) in [6.07, 6.45) is 0.444. The quantitative estimate of drug-likeness (QED) is 0.756. The molecule has 16 heavy (non-hydrogen) atoms. The van der Waals surface area contributed by atoms with Crippen molar-refractivity contribution in [3.8, 4) is 0 Å². The average molecular weight is 239 g/mol. The SMILES string of the molecule is C[C@@H]1CN(CC(=O)c2cccs2)C[C@@H](C)O1. The van der Waals surface area contributed by atoms with Crippen LogP contribution in [0.25, 0.3) is 0 Å². The van der Waals surface area contributed by atoms with Gasteiger partial charge in [-0.15, -0.1) is 11.3 Å². The summed E-state index contributed by atoms with van der Waals surface area (Å²) in [4.78, 5) is 15.0. The maximum absolute atomic E-state index is 11.9. The van der Waals surface area contributed by atoms with E-state index in [0.29, 0.717) is 6.54 Å². The molecule has 1 aromatic rings. The summed E-state index contributed by atoms with van der Waals surface area (Å²) in [6.45, 7) is 6.32. The molecule has 0 saturated carbocycles. The molecule has 4 heteroatoms. The molecular formula is C12H17NO2S. The second-order valence-electron chi connectivity index (χ2n) is 4.35. The van der Waals surface area contributed by atoms with Crippen LogP contribution in [0.4, 0.5) is 0 Å².